The summed E-state index contributed by atoms with van der Waals surface area (Å²) in [5, 5.41) is 1.98. The first-order chi connectivity index (χ1) is 6.97. The SMILES string of the molecule is O=C(CNCC(F)(F)F)OCCC1CC1. The monoisotopic (exact) mass is 225 g/mol. The number of hydrogen-bond acceptors (Lipinski definition) is 3. The zero-order valence-corrected chi connectivity index (χ0v) is 8.27. The summed E-state index contributed by atoms with van der Waals surface area (Å²) in [4.78, 5) is 10.9. The van der Waals surface area contributed by atoms with Gasteiger partial charge < -0.3 is 4.74 Å². The fraction of sp³-hybridized carbons (Fsp3) is 0.889. The molecule has 3 nitrogen and oxygen atoms in total. The van der Waals surface area contributed by atoms with E-state index in [2.05, 4.69) is 0 Å². The molecule has 88 valence electrons. The Morgan fingerprint density at radius 2 is 2.07 bits per heavy atom. The molecule has 0 aliphatic heterocycles. The minimum atomic E-state index is -4.28. The molecule has 0 atom stereocenters. The normalized spacial score (nSPS) is 16.5. The summed E-state index contributed by atoms with van der Waals surface area (Å²) in [7, 11) is 0. The average Bonchev–Trinajstić information content (AvgIpc) is 2.85. The lowest BCUT2D eigenvalue weighted by atomic mass is 10.3. The molecule has 0 bridgehead atoms. The number of alkyl halides is 3. The van der Waals surface area contributed by atoms with Crippen LogP contribution in [0.15, 0.2) is 0 Å². The van der Waals surface area contributed by atoms with Gasteiger partial charge in [-0.3, -0.25) is 10.1 Å². The molecule has 0 aromatic rings. The van der Waals surface area contributed by atoms with Gasteiger partial charge in [-0.2, -0.15) is 13.2 Å². The van der Waals surface area contributed by atoms with Crippen LogP contribution >= 0.6 is 0 Å². The number of ether oxygens (including phenoxy) is 1. The maximum absolute atomic E-state index is 11.7. The van der Waals surface area contributed by atoms with Crippen molar-refractivity contribution < 1.29 is 22.7 Å². The van der Waals surface area contributed by atoms with E-state index in [9.17, 15) is 18.0 Å². The molecule has 0 amide bonds. The lowest BCUT2D eigenvalue weighted by molar-refractivity contribution is -0.144. The summed E-state index contributed by atoms with van der Waals surface area (Å²) >= 11 is 0. The maximum atomic E-state index is 11.7. The highest BCUT2D eigenvalue weighted by Gasteiger charge is 2.26. The van der Waals surface area contributed by atoms with E-state index in [1.165, 1.54) is 12.8 Å². The largest absolute Gasteiger partial charge is 0.465 e. The van der Waals surface area contributed by atoms with Crippen molar-refractivity contribution in [2.45, 2.75) is 25.4 Å². The summed E-state index contributed by atoms with van der Waals surface area (Å²) in [6.07, 6.45) is -1.12. The number of hydrogen-bond donors (Lipinski definition) is 1. The third-order valence-corrected chi connectivity index (χ3v) is 2.08. The Kier molecular flexibility index (Phi) is 4.38. The van der Waals surface area contributed by atoms with Gasteiger partial charge in [-0.15, -0.1) is 0 Å². The van der Waals surface area contributed by atoms with Crippen molar-refractivity contribution in [2.24, 2.45) is 5.92 Å². The zero-order valence-electron chi connectivity index (χ0n) is 8.27. The van der Waals surface area contributed by atoms with Crippen LogP contribution in [-0.4, -0.2) is 31.8 Å². The Morgan fingerprint density at radius 3 is 2.60 bits per heavy atom. The van der Waals surface area contributed by atoms with Gasteiger partial charge in [0.25, 0.3) is 0 Å². The van der Waals surface area contributed by atoms with Gasteiger partial charge in [0.05, 0.1) is 19.7 Å². The smallest absolute Gasteiger partial charge is 0.401 e. The summed E-state index contributed by atoms with van der Waals surface area (Å²) in [5.74, 6) is 0.0286. The molecule has 0 radical (unpaired) electrons. The minimum Gasteiger partial charge on any atom is -0.465 e. The van der Waals surface area contributed by atoms with Gasteiger partial charge in [-0.05, 0) is 12.3 Å². The van der Waals surface area contributed by atoms with E-state index < -0.39 is 18.7 Å². The van der Waals surface area contributed by atoms with Crippen LogP contribution in [0.5, 0.6) is 0 Å². The molecule has 15 heavy (non-hydrogen) atoms. The van der Waals surface area contributed by atoms with Crippen LogP contribution in [0.3, 0.4) is 0 Å². The van der Waals surface area contributed by atoms with Crippen LogP contribution in [0, 0.1) is 5.92 Å². The quantitative estimate of drug-likeness (QED) is 0.696. The predicted octanol–water partition coefficient (Wildman–Crippen LogP) is 1.48. The Balaban J connectivity index is 1.93. The Hall–Kier alpha value is -0.780. The van der Waals surface area contributed by atoms with E-state index in [1.807, 2.05) is 5.32 Å². The van der Waals surface area contributed by atoms with E-state index in [1.54, 1.807) is 0 Å². The first-order valence-corrected chi connectivity index (χ1v) is 4.90. The van der Waals surface area contributed by atoms with Crippen LogP contribution in [0.25, 0.3) is 0 Å². The molecular weight excluding hydrogens is 211 g/mol. The van der Waals surface area contributed by atoms with Crippen molar-refractivity contribution in [3.8, 4) is 0 Å². The number of carbonyl (C=O) groups is 1. The molecule has 1 aliphatic rings. The van der Waals surface area contributed by atoms with Crippen LogP contribution in [0.2, 0.25) is 0 Å². The van der Waals surface area contributed by atoms with Crippen molar-refractivity contribution in [3.05, 3.63) is 0 Å². The van der Waals surface area contributed by atoms with Gasteiger partial charge >= 0.3 is 12.1 Å². The maximum Gasteiger partial charge on any atom is 0.401 e. The predicted molar refractivity (Wildman–Crippen MR) is 47.2 cm³/mol. The zero-order chi connectivity index (χ0) is 11.3. The average molecular weight is 225 g/mol. The molecule has 0 spiro atoms. The van der Waals surface area contributed by atoms with Crippen molar-refractivity contribution in [3.63, 3.8) is 0 Å². The number of halogens is 3. The first-order valence-electron chi connectivity index (χ1n) is 4.90. The summed E-state index contributed by atoms with van der Waals surface area (Å²) in [6.45, 7) is -1.23. The molecule has 1 aliphatic carbocycles. The molecule has 1 saturated carbocycles. The van der Waals surface area contributed by atoms with Gasteiger partial charge in [0.15, 0.2) is 0 Å². The second-order valence-corrected chi connectivity index (χ2v) is 3.67. The summed E-state index contributed by atoms with van der Waals surface area (Å²) in [6, 6.07) is 0. The van der Waals surface area contributed by atoms with Crippen LogP contribution in [0.1, 0.15) is 19.3 Å². The number of esters is 1. The third kappa shape index (κ3) is 7.18. The second-order valence-electron chi connectivity index (χ2n) is 3.67. The van der Waals surface area contributed by atoms with E-state index in [-0.39, 0.29) is 6.54 Å². The van der Waals surface area contributed by atoms with E-state index in [0.29, 0.717) is 12.5 Å². The van der Waals surface area contributed by atoms with Crippen LogP contribution in [0.4, 0.5) is 13.2 Å². The van der Waals surface area contributed by atoms with Crippen molar-refractivity contribution in [1.29, 1.82) is 0 Å². The molecule has 1 rings (SSSR count). The number of rotatable bonds is 6. The molecule has 0 heterocycles. The van der Waals surface area contributed by atoms with Crippen LogP contribution in [-0.2, 0) is 9.53 Å². The fourth-order valence-corrected chi connectivity index (χ4v) is 1.10. The number of carbonyl (C=O) groups excluding carboxylic acids is 1. The summed E-state index contributed by atoms with van der Waals surface area (Å²) < 4.78 is 39.7. The molecular formula is C9H14F3NO2. The molecule has 1 fully saturated rings. The minimum absolute atomic E-state index is 0.317. The molecule has 1 N–H and O–H groups in total. The van der Waals surface area contributed by atoms with Crippen LogP contribution < -0.4 is 5.32 Å². The first kappa shape index (κ1) is 12.3. The molecule has 0 aromatic carbocycles. The highest BCUT2D eigenvalue weighted by Crippen LogP contribution is 2.32. The van der Waals surface area contributed by atoms with Gasteiger partial charge in [-0.25, -0.2) is 0 Å². The van der Waals surface area contributed by atoms with Crippen molar-refractivity contribution in [2.75, 3.05) is 19.7 Å². The highest BCUT2D eigenvalue weighted by atomic mass is 19.4. The van der Waals surface area contributed by atoms with Crippen molar-refractivity contribution in [1.82, 2.24) is 5.32 Å². The van der Waals surface area contributed by atoms with E-state index in [4.69, 9.17) is 4.74 Å². The van der Waals surface area contributed by atoms with Gasteiger partial charge in [0.1, 0.15) is 0 Å². The highest BCUT2D eigenvalue weighted by molar-refractivity contribution is 5.71. The summed E-state index contributed by atoms with van der Waals surface area (Å²) in [5.41, 5.74) is 0. The molecule has 0 saturated heterocycles. The molecule has 0 aromatic heterocycles. The molecule has 6 heteroatoms. The lowest BCUT2D eigenvalue weighted by Crippen LogP contribution is -2.33. The Labute approximate surface area is 86.0 Å². The third-order valence-electron chi connectivity index (χ3n) is 2.08. The van der Waals surface area contributed by atoms with Crippen molar-refractivity contribution >= 4 is 5.97 Å². The Morgan fingerprint density at radius 1 is 1.40 bits per heavy atom. The fourth-order valence-electron chi connectivity index (χ4n) is 1.10. The van der Waals surface area contributed by atoms with Gasteiger partial charge in [-0.1, -0.05) is 12.8 Å². The standard InChI is InChI=1S/C9H14F3NO2/c10-9(11,12)6-13-5-8(14)15-4-3-7-1-2-7/h7,13H,1-6H2. The Bertz CT molecular complexity index is 214. The van der Waals surface area contributed by atoms with Gasteiger partial charge in [0.2, 0.25) is 0 Å². The topological polar surface area (TPSA) is 38.3 Å². The van der Waals surface area contributed by atoms with E-state index >= 15 is 0 Å². The number of nitrogens with one attached hydrogen (secondary N) is 1. The lowest BCUT2D eigenvalue weighted by Gasteiger charge is -2.08. The van der Waals surface area contributed by atoms with Gasteiger partial charge in [0, 0.05) is 0 Å². The second kappa shape index (κ2) is 5.34. The van der Waals surface area contributed by atoms with E-state index in [0.717, 1.165) is 6.42 Å². The molecule has 0 unspecified atom stereocenters.